The largest absolute Gasteiger partial charge is 0.505 e. The Balaban J connectivity index is 4.75. The first kappa shape index (κ1) is 20.0. The van der Waals surface area contributed by atoms with Crippen molar-refractivity contribution in [2.75, 3.05) is 60.7 Å². The normalized spacial score (nSPS) is 12.9. The molecule has 122 valence electrons. The van der Waals surface area contributed by atoms with E-state index in [4.69, 9.17) is 23.5 Å². The van der Waals surface area contributed by atoms with Crippen LogP contribution < -0.4 is 0 Å². The fraction of sp³-hybridized carbons (Fsp3) is 1.00. The van der Waals surface area contributed by atoms with Gasteiger partial charge in [-0.15, -0.1) is 0 Å². The number of hydrogen-bond donors (Lipinski definition) is 2. The summed E-state index contributed by atoms with van der Waals surface area (Å²) in [7, 11) is 2.32. The molecule has 0 saturated carbocycles. The zero-order valence-corrected chi connectivity index (χ0v) is 14.4. The molecule has 2 N–H and O–H groups in total. The molecule has 0 fully saturated rings. The second-order valence-electron chi connectivity index (χ2n) is 5.03. The molecule has 20 heavy (non-hydrogen) atoms. The van der Waals surface area contributed by atoms with Crippen LogP contribution in [0.4, 0.5) is 0 Å². The van der Waals surface area contributed by atoms with Gasteiger partial charge < -0.3 is 28.0 Å². The van der Waals surface area contributed by atoms with Crippen LogP contribution in [-0.2, 0) is 13.3 Å². The summed E-state index contributed by atoms with van der Waals surface area (Å²) in [5.41, 5.74) is 0. The van der Waals surface area contributed by atoms with Gasteiger partial charge >= 0.3 is 8.80 Å². The number of quaternary nitrogens is 1. The molecule has 0 heterocycles. The van der Waals surface area contributed by atoms with E-state index in [1.807, 2.05) is 0 Å². The Bertz CT molecular complexity index is 223. The molecule has 0 amide bonds. The van der Waals surface area contributed by atoms with Crippen LogP contribution in [0, 0.1) is 0 Å². The Hall–Kier alpha value is -0.0231. The van der Waals surface area contributed by atoms with E-state index in [2.05, 4.69) is 6.92 Å². The molecule has 0 aromatic rings. The Morgan fingerprint density at radius 3 is 1.60 bits per heavy atom. The van der Waals surface area contributed by atoms with Crippen LogP contribution in [0.2, 0.25) is 6.04 Å². The van der Waals surface area contributed by atoms with Crippen LogP contribution in [0.3, 0.4) is 0 Å². The molecule has 0 atom stereocenters. The Morgan fingerprint density at radius 2 is 1.30 bits per heavy atom. The van der Waals surface area contributed by atoms with Gasteiger partial charge in [0.05, 0.1) is 32.2 Å². The molecular weight excluding hydrogens is 278 g/mol. The molecule has 7 heteroatoms. The zero-order valence-electron chi connectivity index (χ0n) is 13.4. The minimum absolute atomic E-state index is 0.195. The van der Waals surface area contributed by atoms with Gasteiger partial charge in [0.1, 0.15) is 0 Å². The predicted octanol–water partition coefficient (Wildman–Crippen LogP) is 0.466. The minimum Gasteiger partial charge on any atom is -0.396 e. The lowest BCUT2D eigenvalue weighted by Crippen LogP contribution is -2.54. The molecule has 0 bridgehead atoms. The van der Waals surface area contributed by atoms with Gasteiger partial charge in [0.15, 0.2) is 0 Å². The molecule has 0 aromatic carbocycles. The highest BCUT2D eigenvalue weighted by Gasteiger charge is 2.41. The SMILES string of the molecule is CC[N+](CCCO)(CCCO)CC[Si](OC)(OC)OC. The molecule has 0 rings (SSSR count). The van der Waals surface area contributed by atoms with Gasteiger partial charge in [-0.2, -0.15) is 0 Å². The molecule has 0 aliphatic rings. The molecule has 0 aliphatic carbocycles. The standard InChI is InChI=1S/C13H32NO5Si/c1-5-14(8-6-11-15,9-7-12-16)10-13-20(17-2,18-3)19-4/h15-16H,5-13H2,1-4H3/q+1. The highest BCUT2D eigenvalue weighted by molar-refractivity contribution is 6.60. The van der Waals surface area contributed by atoms with E-state index in [-0.39, 0.29) is 13.2 Å². The van der Waals surface area contributed by atoms with Crippen LogP contribution >= 0.6 is 0 Å². The average molecular weight is 310 g/mol. The van der Waals surface area contributed by atoms with E-state index in [1.165, 1.54) is 0 Å². The fourth-order valence-electron chi connectivity index (χ4n) is 2.55. The fourth-order valence-corrected chi connectivity index (χ4v) is 4.41. The summed E-state index contributed by atoms with van der Waals surface area (Å²) in [6.45, 7) is 6.16. The quantitative estimate of drug-likeness (QED) is 0.382. The Kier molecular flexibility index (Phi) is 10.7. The smallest absolute Gasteiger partial charge is 0.396 e. The van der Waals surface area contributed by atoms with E-state index < -0.39 is 8.80 Å². The molecule has 0 aliphatic heterocycles. The van der Waals surface area contributed by atoms with Gasteiger partial charge in [-0.1, -0.05) is 0 Å². The van der Waals surface area contributed by atoms with Gasteiger partial charge in [0.2, 0.25) is 0 Å². The highest BCUT2D eigenvalue weighted by Crippen LogP contribution is 2.19. The maximum Gasteiger partial charge on any atom is 0.505 e. The summed E-state index contributed by atoms with van der Waals surface area (Å²) >= 11 is 0. The predicted molar refractivity (Wildman–Crippen MR) is 80.4 cm³/mol. The minimum atomic E-state index is -2.56. The maximum absolute atomic E-state index is 9.09. The summed E-state index contributed by atoms with van der Waals surface area (Å²) < 4.78 is 17.3. The molecular formula is C13H32NO5Si+. The first-order chi connectivity index (χ1) is 9.57. The third kappa shape index (κ3) is 6.17. The van der Waals surface area contributed by atoms with Crippen molar-refractivity contribution in [1.29, 1.82) is 0 Å². The monoisotopic (exact) mass is 310 g/mol. The third-order valence-electron chi connectivity index (χ3n) is 4.08. The highest BCUT2D eigenvalue weighted by atomic mass is 28.4. The van der Waals surface area contributed by atoms with Crippen LogP contribution in [0.5, 0.6) is 0 Å². The van der Waals surface area contributed by atoms with Gasteiger partial charge in [-0.25, -0.2) is 0 Å². The van der Waals surface area contributed by atoms with Crippen molar-refractivity contribution in [3.63, 3.8) is 0 Å². The van der Waals surface area contributed by atoms with Gasteiger partial charge in [-0.05, 0) is 6.92 Å². The lowest BCUT2D eigenvalue weighted by Gasteiger charge is -2.39. The Labute approximate surface area is 124 Å². The number of nitrogens with zero attached hydrogens (tertiary/aromatic N) is 1. The molecule has 6 nitrogen and oxygen atoms in total. The number of aliphatic hydroxyl groups is 2. The molecule has 0 spiro atoms. The van der Waals surface area contributed by atoms with E-state index in [1.54, 1.807) is 21.3 Å². The van der Waals surface area contributed by atoms with Crippen molar-refractivity contribution < 1.29 is 28.0 Å². The first-order valence-corrected chi connectivity index (χ1v) is 9.23. The van der Waals surface area contributed by atoms with Crippen molar-refractivity contribution in [2.24, 2.45) is 0 Å². The summed E-state index contributed by atoms with van der Waals surface area (Å²) in [5.74, 6) is 0. The first-order valence-electron chi connectivity index (χ1n) is 7.30. The van der Waals surface area contributed by atoms with E-state index in [0.29, 0.717) is 0 Å². The van der Waals surface area contributed by atoms with Crippen LogP contribution in [0.25, 0.3) is 0 Å². The van der Waals surface area contributed by atoms with E-state index in [0.717, 1.165) is 49.5 Å². The summed E-state index contributed by atoms with van der Waals surface area (Å²) in [4.78, 5) is 0. The lowest BCUT2D eigenvalue weighted by atomic mass is 10.2. The Morgan fingerprint density at radius 1 is 0.850 bits per heavy atom. The number of hydrogen-bond acceptors (Lipinski definition) is 5. The third-order valence-corrected chi connectivity index (χ3v) is 6.78. The van der Waals surface area contributed by atoms with Crippen molar-refractivity contribution >= 4 is 8.80 Å². The second kappa shape index (κ2) is 10.7. The van der Waals surface area contributed by atoms with E-state index >= 15 is 0 Å². The summed E-state index contributed by atoms with van der Waals surface area (Å²) in [5, 5.41) is 18.2. The van der Waals surface area contributed by atoms with E-state index in [9.17, 15) is 0 Å². The van der Waals surface area contributed by atoms with Gasteiger partial charge in [-0.3, -0.25) is 0 Å². The van der Waals surface area contributed by atoms with Crippen LogP contribution in [-0.4, -0.2) is 84.2 Å². The van der Waals surface area contributed by atoms with Crippen LogP contribution in [0.1, 0.15) is 19.8 Å². The number of aliphatic hydroxyl groups excluding tert-OH is 2. The van der Waals surface area contributed by atoms with Crippen molar-refractivity contribution in [2.45, 2.75) is 25.8 Å². The average Bonchev–Trinajstić information content (AvgIpc) is 2.51. The van der Waals surface area contributed by atoms with Gasteiger partial charge in [0.25, 0.3) is 0 Å². The number of rotatable bonds is 13. The second-order valence-corrected chi connectivity index (χ2v) is 8.12. The topological polar surface area (TPSA) is 68.2 Å². The van der Waals surface area contributed by atoms with Crippen molar-refractivity contribution in [3.8, 4) is 0 Å². The van der Waals surface area contributed by atoms with Crippen LogP contribution in [0.15, 0.2) is 0 Å². The van der Waals surface area contributed by atoms with Crippen molar-refractivity contribution in [3.05, 3.63) is 0 Å². The zero-order chi connectivity index (χ0) is 15.5. The summed E-state index contributed by atoms with van der Waals surface area (Å²) in [6.07, 6.45) is 1.53. The maximum atomic E-state index is 9.09. The summed E-state index contributed by atoms with van der Waals surface area (Å²) in [6, 6.07) is 0.737. The molecule has 0 unspecified atom stereocenters. The molecule has 0 saturated heterocycles. The molecule has 0 aromatic heterocycles. The van der Waals surface area contributed by atoms with Crippen molar-refractivity contribution in [1.82, 2.24) is 0 Å². The lowest BCUT2D eigenvalue weighted by molar-refractivity contribution is -0.925. The van der Waals surface area contributed by atoms with Gasteiger partial charge in [0, 0.05) is 47.4 Å². The molecule has 0 radical (unpaired) electrons.